The number of esters is 1. The zero-order chi connectivity index (χ0) is 37.6. The van der Waals surface area contributed by atoms with Gasteiger partial charge in [-0.1, -0.05) is 41.4 Å². The second kappa shape index (κ2) is 17.4. The number of phenols is 1. The zero-order valence-electron chi connectivity index (χ0n) is 29.6. The van der Waals surface area contributed by atoms with Crippen LogP contribution in [0.2, 0.25) is 10.0 Å². The van der Waals surface area contributed by atoms with Gasteiger partial charge in [-0.25, -0.2) is 9.59 Å². The van der Waals surface area contributed by atoms with Crippen LogP contribution in [0.15, 0.2) is 60.9 Å². The summed E-state index contributed by atoms with van der Waals surface area (Å²) in [5, 5.41) is 34.5. The molecule has 0 amide bonds. The quantitative estimate of drug-likeness (QED) is 0.0541. The van der Waals surface area contributed by atoms with E-state index in [0.29, 0.717) is 52.2 Å². The molecule has 2 aromatic heterocycles. The number of phenolic OH excluding ortho intramolecular Hbond substituents is 1. The van der Waals surface area contributed by atoms with Crippen LogP contribution in [-0.4, -0.2) is 72.7 Å². The number of nitrogens with zero attached hydrogens (tertiary/aromatic N) is 2. The lowest BCUT2D eigenvalue weighted by Crippen LogP contribution is -2.34. The van der Waals surface area contributed by atoms with E-state index < -0.39 is 23.9 Å². The van der Waals surface area contributed by atoms with Crippen molar-refractivity contribution < 1.29 is 44.0 Å². The number of pyridine rings is 1. The number of rotatable bonds is 16. The Kier molecular flexibility index (Phi) is 12.7. The summed E-state index contributed by atoms with van der Waals surface area (Å²) < 4.78 is 18.4. The van der Waals surface area contributed by atoms with E-state index in [-0.39, 0.29) is 39.6 Å². The number of aromatic nitrogens is 1. The molecule has 3 heterocycles. The zero-order valence-corrected chi connectivity index (χ0v) is 31.9. The van der Waals surface area contributed by atoms with Gasteiger partial charge in [0.1, 0.15) is 26.7 Å². The van der Waals surface area contributed by atoms with Crippen LogP contribution in [0.5, 0.6) is 17.2 Å². The molecular formula is C39H44Cl2N3O8S+. The van der Waals surface area contributed by atoms with Crippen LogP contribution in [0, 0.1) is 11.8 Å². The minimum atomic E-state index is -1.11. The minimum absolute atomic E-state index is 0.0109. The Morgan fingerprint density at radius 3 is 2.36 bits per heavy atom. The number of carbonyl (C=O) groups is 2. The molecule has 1 saturated carbocycles. The molecule has 6 rings (SSSR count). The van der Waals surface area contributed by atoms with Crippen molar-refractivity contribution in [3.8, 4) is 17.2 Å². The maximum atomic E-state index is 13.6. The first-order valence-corrected chi connectivity index (χ1v) is 19.2. The lowest BCUT2D eigenvalue weighted by molar-refractivity contribution is -0.904. The van der Waals surface area contributed by atoms with E-state index in [4.69, 9.17) is 37.4 Å². The van der Waals surface area contributed by atoms with Gasteiger partial charge in [-0.3, -0.25) is 10.5 Å². The SMILES string of the molecule is COc1ccc(C(Cc2c(Cl)c[n+](O)cc2Cl)c2cc(CNC(C(=O)OCC3CCN(C)CC3)c3cccc(O)c3)sc2C(=O)O)cc1OCC1CC1. The topological polar surface area (TPSA) is 142 Å². The standard InChI is InChI=1S/C39H43Cl2N3O8S/c1-43-12-10-24(11-13-43)22-52-39(48)36(26-4-3-5-27(45)14-26)42-18-28-16-30(37(53-28)38(46)47)29(17-31-32(40)19-44(49)20-33(31)41)25-8-9-34(50-2)35(15-25)51-21-23-6-7-23/h3-5,8-9,14-16,19-20,23-24,29,36,42H,6-7,10-13,17-18,21-22H2,1-2H3,(H2-,45,46,47,49)/p+1. The van der Waals surface area contributed by atoms with Gasteiger partial charge in [-0.15, -0.1) is 11.3 Å². The first-order chi connectivity index (χ1) is 25.5. The van der Waals surface area contributed by atoms with Crippen LogP contribution in [0.1, 0.15) is 74.4 Å². The van der Waals surface area contributed by atoms with Crippen molar-refractivity contribution in [1.82, 2.24) is 10.2 Å². The third-order valence-electron chi connectivity index (χ3n) is 9.84. The van der Waals surface area contributed by atoms with Crippen LogP contribution >= 0.6 is 34.5 Å². The molecule has 0 radical (unpaired) electrons. The Balaban J connectivity index is 1.32. The van der Waals surface area contributed by atoms with Gasteiger partial charge >= 0.3 is 11.9 Å². The molecule has 282 valence electrons. The fraction of sp³-hybridized carbons (Fsp3) is 0.410. The molecule has 53 heavy (non-hydrogen) atoms. The summed E-state index contributed by atoms with van der Waals surface area (Å²) >= 11 is 14.3. The molecule has 2 aliphatic rings. The largest absolute Gasteiger partial charge is 0.508 e. The highest BCUT2D eigenvalue weighted by atomic mass is 35.5. The molecule has 14 heteroatoms. The van der Waals surface area contributed by atoms with Gasteiger partial charge in [0.05, 0.1) is 20.3 Å². The first kappa shape index (κ1) is 38.6. The van der Waals surface area contributed by atoms with Crippen LogP contribution in [-0.2, 0) is 22.5 Å². The van der Waals surface area contributed by atoms with Crippen LogP contribution < -0.4 is 19.5 Å². The molecular weight excluding hydrogens is 741 g/mol. The number of benzene rings is 2. The van der Waals surface area contributed by atoms with Gasteiger partial charge in [-0.2, -0.15) is 0 Å². The minimum Gasteiger partial charge on any atom is -0.508 e. The van der Waals surface area contributed by atoms with Crippen molar-refractivity contribution in [3.63, 3.8) is 0 Å². The number of aromatic hydroxyl groups is 1. The number of nitrogens with one attached hydrogen (secondary N) is 1. The second-order valence-corrected chi connectivity index (χ2v) is 15.8. The molecule has 0 spiro atoms. The fourth-order valence-corrected chi connectivity index (χ4v) is 8.20. The van der Waals surface area contributed by atoms with Gasteiger partial charge in [0.15, 0.2) is 11.5 Å². The molecule has 4 N–H and O–H groups in total. The van der Waals surface area contributed by atoms with E-state index in [2.05, 4.69) is 17.3 Å². The first-order valence-electron chi connectivity index (χ1n) is 17.6. The van der Waals surface area contributed by atoms with Gasteiger partial charge in [0, 0.05) is 27.6 Å². The fourth-order valence-electron chi connectivity index (χ4n) is 6.59. The van der Waals surface area contributed by atoms with Crippen molar-refractivity contribution in [2.45, 2.75) is 50.6 Å². The molecule has 1 aliphatic carbocycles. The number of ether oxygens (including phenoxy) is 3. The van der Waals surface area contributed by atoms with Gasteiger partial charge in [-0.05, 0) is 111 Å². The molecule has 1 saturated heterocycles. The van der Waals surface area contributed by atoms with E-state index >= 15 is 0 Å². The van der Waals surface area contributed by atoms with Crippen molar-refractivity contribution in [1.29, 1.82) is 0 Å². The van der Waals surface area contributed by atoms with Crippen molar-refractivity contribution in [2.75, 3.05) is 40.5 Å². The second-order valence-electron chi connectivity index (χ2n) is 13.8. The summed E-state index contributed by atoms with van der Waals surface area (Å²) in [5.41, 5.74) is 2.32. The molecule has 1 aliphatic heterocycles. The summed E-state index contributed by atoms with van der Waals surface area (Å²) in [7, 11) is 3.65. The number of likely N-dealkylation sites (tertiary alicyclic amines) is 1. The Morgan fingerprint density at radius 2 is 1.70 bits per heavy atom. The predicted molar refractivity (Wildman–Crippen MR) is 201 cm³/mol. The summed E-state index contributed by atoms with van der Waals surface area (Å²) in [6.07, 6.45) is 6.94. The highest BCUT2D eigenvalue weighted by Gasteiger charge is 2.30. The van der Waals surface area contributed by atoms with Crippen molar-refractivity contribution >= 4 is 46.5 Å². The van der Waals surface area contributed by atoms with Crippen molar-refractivity contribution in [2.24, 2.45) is 11.8 Å². The molecule has 11 nitrogen and oxygen atoms in total. The van der Waals surface area contributed by atoms with Gasteiger partial charge in [0.2, 0.25) is 12.4 Å². The molecule has 2 fully saturated rings. The lowest BCUT2D eigenvalue weighted by atomic mass is 9.85. The summed E-state index contributed by atoms with van der Waals surface area (Å²) in [6, 6.07) is 12.9. The third-order valence-corrected chi connectivity index (χ3v) is 11.6. The van der Waals surface area contributed by atoms with E-state index in [1.165, 1.54) is 24.5 Å². The lowest BCUT2D eigenvalue weighted by Gasteiger charge is -2.29. The van der Waals surface area contributed by atoms with Crippen LogP contribution in [0.4, 0.5) is 0 Å². The highest BCUT2D eigenvalue weighted by Crippen LogP contribution is 2.42. The number of hydrogen-bond acceptors (Lipinski definition) is 10. The number of hydrogen-bond donors (Lipinski definition) is 4. The Bertz CT molecular complexity index is 1910. The number of aromatic carboxylic acids is 1. The number of halogens is 2. The maximum absolute atomic E-state index is 13.6. The van der Waals surface area contributed by atoms with E-state index in [0.717, 1.165) is 60.4 Å². The highest BCUT2D eigenvalue weighted by molar-refractivity contribution is 7.14. The monoisotopic (exact) mass is 784 g/mol. The van der Waals surface area contributed by atoms with Gasteiger partial charge in [0.25, 0.3) is 0 Å². The van der Waals surface area contributed by atoms with Crippen LogP contribution in [0.3, 0.4) is 0 Å². The number of thiophene rings is 1. The Labute approximate surface area is 322 Å². The number of carboxylic acid groups (broad SMARTS) is 1. The summed E-state index contributed by atoms with van der Waals surface area (Å²) in [6.45, 7) is 2.87. The summed E-state index contributed by atoms with van der Waals surface area (Å²) in [4.78, 5) is 29.5. The number of methoxy groups -OCH3 is 1. The van der Waals surface area contributed by atoms with E-state index in [1.807, 2.05) is 18.2 Å². The van der Waals surface area contributed by atoms with Crippen LogP contribution in [0.25, 0.3) is 0 Å². The average Bonchev–Trinajstić information content (AvgIpc) is 3.87. The number of carbonyl (C=O) groups excluding carboxylic acids is 1. The average molecular weight is 786 g/mol. The maximum Gasteiger partial charge on any atom is 0.346 e. The molecule has 2 aromatic carbocycles. The molecule has 0 bridgehead atoms. The molecule has 4 aromatic rings. The van der Waals surface area contributed by atoms with Gasteiger partial charge < -0.3 is 29.3 Å². The molecule has 2 atom stereocenters. The Morgan fingerprint density at radius 1 is 0.981 bits per heavy atom. The Hall–Kier alpha value is -4.07. The van der Waals surface area contributed by atoms with E-state index in [1.54, 1.807) is 25.3 Å². The smallest absolute Gasteiger partial charge is 0.346 e. The normalized spacial score (nSPS) is 16.2. The predicted octanol–water partition coefficient (Wildman–Crippen LogP) is 6.87. The third kappa shape index (κ3) is 9.93. The van der Waals surface area contributed by atoms with E-state index in [9.17, 15) is 25.0 Å². The summed E-state index contributed by atoms with van der Waals surface area (Å²) in [5.74, 6) is -0.284. The van der Waals surface area contributed by atoms with Crippen molar-refractivity contribution in [3.05, 3.63) is 103 Å². The number of piperidine rings is 1. The number of carboxylic acids is 1. The molecule has 2 unspecified atom stereocenters.